The van der Waals surface area contributed by atoms with Crippen molar-refractivity contribution in [2.45, 2.75) is 0 Å². The van der Waals surface area contributed by atoms with E-state index in [1.807, 2.05) is 66.7 Å². The number of hydrogen-bond acceptors (Lipinski definition) is 4. The zero-order valence-electron chi connectivity index (χ0n) is 20.0. The molecule has 0 spiro atoms. The third kappa shape index (κ3) is 8.91. The number of anilines is 2. The van der Waals surface area contributed by atoms with Crippen LogP contribution < -0.4 is 16.9 Å². The summed E-state index contributed by atoms with van der Waals surface area (Å²) >= 11 is 6.58. The molecule has 0 aliphatic heterocycles. The Hall–Kier alpha value is -3.36. The molecule has 0 fully saturated rings. The summed E-state index contributed by atoms with van der Waals surface area (Å²) in [6.45, 7) is 0. The van der Waals surface area contributed by atoms with Crippen LogP contribution in [0.25, 0.3) is 22.3 Å². The number of benzene rings is 5. The molecule has 0 bridgehead atoms. The highest BCUT2D eigenvalue weighted by atomic mass is 79.9. The van der Waals surface area contributed by atoms with Crippen LogP contribution in [0.2, 0.25) is 0 Å². The summed E-state index contributed by atoms with van der Waals surface area (Å²) in [5, 5.41) is 17.2. The average Bonchev–Trinajstić information content (AvgIpc) is 2.93. The summed E-state index contributed by atoms with van der Waals surface area (Å²) in [7, 11) is -1.34. The van der Waals surface area contributed by atoms with Gasteiger partial charge in [-0.1, -0.05) is 119 Å². The van der Waals surface area contributed by atoms with Gasteiger partial charge in [0.1, 0.15) is 0 Å². The molecule has 0 unspecified atom stereocenters. The molecule has 0 radical (unpaired) electrons. The molecule has 0 aliphatic carbocycles. The highest BCUT2D eigenvalue weighted by molar-refractivity contribution is 9.11. The number of hydrogen-bond donors (Lipinski definition) is 4. The Balaban J connectivity index is 0.000000176. The van der Waals surface area contributed by atoms with E-state index < -0.39 is 7.12 Å². The van der Waals surface area contributed by atoms with E-state index in [1.54, 1.807) is 24.3 Å². The largest absolute Gasteiger partial charge is 0.488 e. The topological polar surface area (TPSA) is 92.5 Å². The first kappa shape index (κ1) is 28.2. The molecule has 0 aromatic heterocycles. The van der Waals surface area contributed by atoms with Crippen LogP contribution in [0.1, 0.15) is 0 Å². The second-order valence-corrected chi connectivity index (χ2v) is 9.75. The quantitative estimate of drug-likeness (QED) is 0.133. The Kier molecular flexibility index (Phi) is 11.0. The Labute approximate surface area is 235 Å². The van der Waals surface area contributed by atoms with E-state index in [-0.39, 0.29) is 0 Å². The highest BCUT2D eigenvalue weighted by Gasteiger charge is 2.07. The van der Waals surface area contributed by atoms with Crippen molar-refractivity contribution in [2.24, 2.45) is 0 Å². The maximum Gasteiger partial charge on any atom is 0.488 e. The van der Waals surface area contributed by atoms with E-state index in [2.05, 4.69) is 68.3 Å². The van der Waals surface area contributed by atoms with Crippen LogP contribution >= 0.6 is 31.9 Å². The minimum Gasteiger partial charge on any atom is -0.423 e. The Bertz CT molecular complexity index is 1390. The Morgan fingerprint density at radius 2 is 1.05 bits per heavy atom. The maximum absolute atomic E-state index is 8.58. The zero-order chi connectivity index (χ0) is 26.6. The summed E-state index contributed by atoms with van der Waals surface area (Å²) in [6.07, 6.45) is 0. The van der Waals surface area contributed by atoms with Crippen molar-refractivity contribution in [3.8, 4) is 22.3 Å². The molecule has 0 saturated heterocycles. The van der Waals surface area contributed by atoms with E-state index in [4.69, 9.17) is 21.5 Å². The molecule has 0 amide bonds. The van der Waals surface area contributed by atoms with Crippen molar-refractivity contribution in [1.29, 1.82) is 0 Å². The van der Waals surface area contributed by atoms with E-state index in [1.165, 1.54) is 5.56 Å². The minimum absolute atomic E-state index is 0.525. The fourth-order valence-corrected chi connectivity index (χ4v) is 4.02. The van der Waals surface area contributed by atoms with Crippen molar-refractivity contribution >= 4 is 55.8 Å². The van der Waals surface area contributed by atoms with Gasteiger partial charge in [-0.2, -0.15) is 0 Å². The lowest BCUT2D eigenvalue weighted by Gasteiger charge is -2.09. The van der Waals surface area contributed by atoms with Crippen LogP contribution in [0, 0.1) is 0 Å². The van der Waals surface area contributed by atoms with Crippen LogP contribution in [-0.2, 0) is 0 Å². The van der Waals surface area contributed by atoms with Gasteiger partial charge in [0, 0.05) is 25.9 Å². The molecular weight excluding hydrogens is 591 g/mol. The van der Waals surface area contributed by atoms with Gasteiger partial charge in [-0.3, -0.25) is 0 Å². The third-order valence-electron chi connectivity index (χ3n) is 5.30. The van der Waals surface area contributed by atoms with Crippen molar-refractivity contribution in [3.63, 3.8) is 0 Å². The van der Waals surface area contributed by atoms with Gasteiger partial charge >= 0.3 is 7.12 Å². The second kappa shape index (κ2) is 14.4. The van der Waals surface area contributed by atoms with Gasteiger partial charge in [0.25, 0.3) is 0 Å². The van der Waals surface area contributed by atoms with Crippen LogP contribution in [-0.4, -0.2) is 17.2 Å². The van der Waals surface area contributed by atoms with Crippen LogP contribution in [0.3, 0.4) is 0 Å². The van der Waals surface area contributed by atoms with E-state index in [9.17, 15) is 0 Å². The maximum atomic E-state index is 8.58. The number of nitrogen functional groups attached to an aromatic ring is 2. The van der Waals surface area contributed by atoms with Crippen molar-refractivity contribution in [3.05, 3.63) is 136 Å². The number of nitrogens with two attached hydrogens (primary N) is 2. The van der Waals surface area contributed by atoms with Gasteiger partial charge in [-0.25, -0.2) is 0 Å². The summed E-state index contributed by atoms with van der Waals surface area (Å²) in [6, 6.07) is 41.1. The summed E-state index contributed by atoms with van der Waals surface area (Å²) in [5.74, 6) is 0. The van der Waals surface area contributed by atoms with E-state index >= 15 is 0 Å². The third-order valence-corrected chi connectivity index (χ3v) is 6.51. The molecule has 37 heavy (non-hydrogen) atoms. The molecule has 186 valence electrons. The van der Waals surface area contributed by atoms with E-state index in [0.29, 0.717) is 5.46 Å². The summed E-state index contributed by atoms with van der Waals surface area (Å²) in [5.41, 5.74) is 18.4. The Morgan fingerprint density at radius 3 is 1.51 bits per heavy atom. The molecule has 0 aliphatic rings. The van der Waals surface area contributed by atoms with Gasteiger partial charge in [0.2, 0.25) is 0 Å². The molecule has 5 rings (SSSR count). The predicted molar refractivity (Wildman–Crippen MR) is 164 cm³/mol. The van der Waals surface area contributed by atoms with Gasteiger partial charge in [0.15, 0.2) is 0 Å². The van der Waals surface area contributed by atoms with E-state index in [0.717, 1.165) is 37.0 Å². The minimum atomic E-state index is -1.34. The van der Waals surface area contributed by atoms with Crippen molar-refractivity contribution < 1.29 is 10.0 Å². The molecule has 0 heterocycles. The zero-order valence-corrected chi connectivity index (χ0v) is 23.2. The lowest BCUT2D eigenvalue weighted by atomic mass is 9.81. The SMILES string of the molecule is Nc1cc(-c2ccccc2)ccc1-c1ccccc1.Nc1cc(Br)ccc1Br.OB(O)c1ccccc1. The van der Waals surface area contributed by atoms with Crippen molar-refractivity contribution in [2.75, 3.05) is 11.5 Å². The first-order valence-corrected chi connectivity index (χ1v) is 13.1. The summed E-state index contributed by atoms with van der Waals surface area (Å²) < 4.78 is 1.94. The molecular formula is C30H27BBr2N2O2. The number of halogens is 2. The smallest absolute Gasteiger partial charge is 0.423 e. The second-order valence-electron chi connectivity index (χ2n) is 7.98. The fraction of sp³-hybridized carbons (Fsp3) is 0. The monoisotopic (exact) mass is 616 g/mol. The molecule has 5 aromatic carbocycles. The summed E-state index contributed by atoms with van der Waals surface area (Å²) in [4.78, 5) is 0. The first-order valence-electron chi connectivity index (χ1n) is 11.5. The Morgan fingerprint density at radius 1 is 0.514 bits per heavy atom. The fourth-order valence-electron chi connectivity index (χ4n) is 3.39. The predicted octanol–water partition coefficient (Wildman–Crippen LogP) is 6.76. The normalized spacial score (nSPS) is 9.84. The van der Waals surface area contributed by atoms with Gasteiger partial charge < -0.3 is 21.5 Å². The van der Waals surface area contributed by atoms with Crippen LogP contribution in [0.4, 0.5) is 11.4 Å². The van der Waals surface area contributed by atoms with Crippen LogP contribution in [0.15, 0.2) is 136 Å². The average molecular weight is 618 g/mol. The van der Waals surface area contributed by atoms with Gasteiger partial charge in [-0.15, -0.1) is 0 Å². The van der Waals surface area contributed by atoms with Gasteiger partial charge in [0.05, 0.1) is 0 Å². The number of rotatable bonds is 3. The highest BCUT2D eigenvalue weighted by Crippen LogP contribution is 2.30. The molecule has 6 N–H and O–H groups in total. The van der Waals surface area contributed by atoms with Gasteiger partial charge in [-0.05, 0) is 62.3 Å². The molecule has 0 atom stereocenters. The van der Waals surface area contributed by atoms with Crippen molar-refractivity contribution in [1.82, 2.24) is 0 Å². The lowest BCUT2D eigenvalue weighted by molar-refractivity contribution is 0.426. The lowest BCUT2D eigenvalue weighted by Crippen LogP contribution is -2.29. The standard InChI is InChI=1S/C18H15N.C6H7BO2.C6H5Br2N/c19-18-13-16(14-7-3-1-4-8-14)11-12-17(18)15-9-5-2-6-10-15;8-7(9)6-4-2-1-3-5-6;7-4-1-2-5(8)6(9)3-4/h1-13H,19H2;1-5,8-9H;1-3H,9H2. The molecule has 7 heteroatoms. The molecule has 4 nitrogen and oxygen atoms in total. The molecule has 5 aromatic rings. The van der Waals surface area contributed by atoms with Crippen LogP contribution in [0.5, 0.6) is 0 Å². The molecule has 0 saturated carbocycles. The first-order chi connectivity index (χ1) is 17.8.